The van der Waals surface area contributed by atoms with Crippen molar-refractivity contribution in [2.75, 3.05) is 26.8 Å². The van der Waals surface area contributed by atoms with Crippen molar-refractivity contribution in [1.82, 2.24) is 9.88 Å². The van der Waals surface area contributed by atoms with Crippen molar-refractivity contribution >= 4 is 0 Å². The maximum absolute atomic E-state index is 8.17. The molecule has 5 heteroatoms. The van der Waals surface area contributed by atoms with Crippen LogP contribution in [0.25, 0.3) is 0 Å². The van der Waals surface area contributed by atoms with Gasteiger partial charge in [0.15, 0.2) is 0 Å². The Morgan fingerprint density at radius 2 is 2.05 bits per heavy atom. The van der Waals surface area contributed by atoms with Gasteiger partial charge in [0.1, 0.15) is 6.10 Å². The van der Waals surface area contributed by atoms with Gasteiger partial charge in [0.2, 0.25) is 0 Å². The highest BCUT2D eigenvalue weighted by Gasteiger charge is 2.22. The molecule has 108 valence electrons. The van der Waals surface area contributed by atoms with Crippen LogP contribution in [0.2, 0.25) is 0 Å². The molecule has 0 aliphatic carbocycles. The summed E-state index contributed by atoms with van der Waals surface area (Å²) < 4.78 is 0. The molecule has 0 amide bonds. The Balaban J connectivity index is 0.000000258. The Bertz CT molecular complexity index is 352. The van der Waals surface area contributed by atoms with Crippen molar-refractivity contribution in [1.29, 1.82) is 0 Å². The first-order chi connectivity index (χ1) is 9.08. The molecule has 0 spiro atoms. The van der Waals surface area contributed by atoms with Crippen LogP contribution >= 0.6 is 0 Å². The summed E-state index contributed by atoms with van der Waals surface area (Å²) in [6.45, 7) is 2.52. The van der Waals surface area contributed by atoms with Crippen LogP contribution < -0.4 is 0 Å². The van der Waals surface area contributed by atoms with E-state index in [4.69, 9.17) is 15.3 Å². The van der Waals surface area contributed by atoms with E-state index in [0.29, 0.717) is 6.04 Å². The molecule has 1 aromatic heterocycles. The van der Waals surface area contributed by atoms with Crippen molar-refractivity contribution in [2.45, 2.75) is 31.9 Å². The number of aliphatic hydroxyl groups excluding tert-OH is 3. The molecule has 0 aromatic carbocycles. The molecular formula is C14H24N2O3. The van der Waals surface area contributed by atoms with E-state index in [9.17, 15) is 0 Å². The predicted molar refractivity (Wildman–Crippen MR) is 73.8 cm³/mol. The van der Waals surface area contributed by atoms with E-state index in [1.807, 2.05) is 13.1 Å². The number of likely N-dealkylation sites (tertiary alicyclic amines) is 1. The molecule has 2 heterocycles. The molecule has 1 saturated heterocycles. The minimum atomic E-state index is -0.954. The van der Waals surface area contributed by atoms with E-state index in [1.54, 1.807) is 0 Å². The van der Waals surface area contributed by atoms with Crippen LogP contribution in [0.3, 0.4) is 0 Å². The second kappa shape index (κ2) is 8.22. The number of nitrogens with zero attached hydrogens (tertiary/aromatic N) is 2. The van der Waals surface area contributed by atoms with Gasteiger partial charge in [0.25, 0.3) is 0 Å². The number of aliphatic hydroxyl groups is 3. The highest BCUT2D eigenvalue weighted by Crippen LogP contribution is 2.29. The Morgan fingerprint density at radius 1 is 1.37 bits per heavy atom. The molecule has 1 aliphatic heterocycles. The largest absolute Gasteiger partial charge is 0.394 e. The Kier molecular flexibility index (Phi) is 6.94. The number of hydrogen-bond acceptors (Lipinski definition) is 5. The standard InChI is InChI=1S/C11H16N2.C3H8O3/c1-9-5-6-10(8-12-9)11-4-3-7-13(11)2;4-1-3(6)2-5/h5-6,8,11H,3-4,7H2,1-2H3;3-6H,1-2H2. The summed E-state index contributed by atoms with van der Waals surface area (Å²) in [4.78, 5) is 6.74. The van der Waals surface area contributed by atoms with Gasteiger partial charge in [-0.15, -0.1) is 0 Å². The first-order valence-electron chi connectivity index (χ1n) is 6.61. The predicted octanol–water partition coefficient (Wildman–Crippen LogP) is 0.489. The number of pyridine rings is 1. The van der Waals surface area contributed by atoms with Gasteiger partial charge in [0.05, 0.1) is 13.2 Å². The number of hydrogen-bond donors (Lipinski definition) is 3. The van der Waals surface area contributed by atoms with Gasteiger partial charge in [-0.2, -0.15) is 0 Å². The van der Waals surface area contributed by atoms with Crippen molar-refractivity contribution < 1.29 is 15.3 Å². The summed E-state index contributed by atoms with van der Waals surface area (Å²) in [5, 5.41) is 24.0. The lowest BCUT2D eigenvalue weighted by Gasteiger charge is -2.19. The molecule has 2 rings (SSSR count). The minimum Gasteiger partial charge on any atom is -0.394 e. The van der Waals surface area contributed by atoms with Crippen LogP contribution in [-0.4, -0.2) is 58.1 Å². The second-order valence-corrected chi connectivity index (χ2v) is 4.89. The van der Waals surface area contributed by atoms with Crippen LogP contribution in [-0.2, 0) is 0 Å². The van der Waals surface area contributed by atoms with Crippen LogP contribution in [0.15, 0.2) is 18.3 Å². The van der Waals surface area contributed by atoms with E-state index in [-0.39, 0.29) is 13.2 Å². The number of rotatable bonds is 3. The zero-order valence-corrected chi connectivity index (χ0v) is 11.7. The van der Waals surface area contributed by atoms with E-state index in [0.717, 1.165) is 5.69 Å². The fourth-order valence-electron chi connectivity index (χ4n) is 2.07. The third kappa shape index (κ3) is 5.24. The third-order valence-electron chi connectivity index (χ3n) is 3.26. The highest BCUT2D eigenvalue weighted by molar-refractivity contribution is 5.18. The first kappa shape index (κ1) is 16.0. The summed E-state index contributed by atoms with van der Waals surface area (Å²) in [5.74, 6) is 0. The molecule has 1 fully saturated rings. The Hall–Kier alpha value is -1.01. The average Bonchev–Trinajstić information content (AvgIpc) is 2.86. The zero-order valence-electron chi connectivity index (χ0n) is 11.7. The van der Waals surface area contributed by atoms with Gasteiger partial charge in [-0.05, 0) is 45.0 Å². The molecule has 1 atom stereocenters. The quantitative estimate of drug-likeness (QED) is 0.744. The topological polar surface area (TPSA) is 76.8 Å². The van der Waals surface area contributed by atoms with Crippen molar-refractivity contribution in [3.8, 4) is 0 Å². The maximum Gasteiger partial charge on any atom is 0.100 e. The molecule has 0 radical (unpaired) electrons. The van der Waals surface area contributed by atoms with Gasteiger partial charge >= 0.3 is 0 Å². The Labute approximate surface area is 114 Å². The van der Waals surface area contributed by atoms with Crippen molar-refractivity contribution in [2.24, 2.45) is 0 Å². The van der Waals surface area contributed by atoms with Crippen LogP contribution in [0.1, 0.15) is 30.1 Å². The molecule has 19 heavy (non-hydrogen) atoms. The monoisotopic (exact) mass is 268 g/mol. The highest BCUT2D eigenvalue weighted by atomic mass is 16.3. The molecule has 0 bridgehead atoms. The van der Waals surface area contributed by atoms with Gasteiger partial charge in [0, 0.05) is 17.9 Å². The van der Waals surface area contributed by atoms with Gasteiger partial charge in [-0.3, -0.25) is 9.88 Å². The molecule has 1 unspecified atom stereocenters. The summed E-state index contributed by atoms with van der Waals surface area (Å²) in [6.07, 6.45) is 3.66. The molecule has 0 saturated carbocycles. The van der Waals surface area contributed by atoms with E-state index in [1.165, 1.54) is 24.9 Å². The summed E-state index contributed by atoms with van der Waals surface area (Å²) >= 11 is 0. The average molecular weight is 268 g/mol. The molecule has 3 N–H and O–H groups in total. The zero-order chi connectivity index (χ0) is 14.3. The van der Waals surface area contributed by atoms with Crippen LogP contribution in [0.5, 0.6) is 0 Å². The van der Waals surface area contributed by atoms with Gasteiger partial charge < -0.3 is 15.3 Å². The fraction of sp³-hybridized carbons (Fsp3) is 0.643. The van der Waals surface area contributed by atoms with Crippen LogP contribution in [0, 0.1) is 6.92 Å². The number of aryl methyl sites for hydroxylation is 1. The molecule has 5 nitrogen and oxygen atoms in total. The molecular weight excluding hydrogens is 244 g/mol. The SMILES string of the molecule is Cc1ccc(C2CCCN2C)cn1.OCC(O)CO. The van der Waals surface area contributed by atoms with Gasteiger partial charge in [-0.1, -0.05) is 6.07 Å². The number of aromatic nitrogens is 1. The lowest BCUT2D eigenvalue weighted by Crippen LogP contribution is -2.17. The second-order valence-electron chi connectivity index (χ2n) is 4.89. The van der Waals surface area contributed by atoms with Crippen molar-refractivity contribution in [3.05, 3.63) is 29.6 Å². The smallest absolute Gasteiger partial charge is 0.100 e. The van der Waals surface area contributed by atoms with Crippen molar-refractivity contribution in [3.63, 3.8) is 0 Å². The van der Waals surface area contributed by atoms with Gasteiger partial charge in [-0.25, -0.2) is 0 Å². The lowest BCUT2D eigenvalue weighted by atomic mass is 10.1. The van der Waals surface area contributed by atoms with Crippen LogP contribution in [0.4, 0.5) is 0 Å². The lowest BCUT2D eigenvalue weighted by molar-refractivity contribution is 0.0450. The summed E-state index contributed by atoms with van der Waals surface area (Å²) in [5.41, 5.74) is 2.47. The summed E-state index contributed by atoms with van der Waals surface area (Å²) in [6, 6.07) is 4.91. The fourth-order valence-corrected chi connectivity index (χ4v) is 2.07. The molecule has 1 aromatic rings. The first-order valence-corrected chi connectivity index (χ1v) is 6.61. The maximum atomic E-state index is 8.17. The third-order valence-corrected chi connectivity index (χ3v) is 3.26. The van der Waals surface area contributed by atoms with E-state index < -0.39 is 6.10 Å². The normalized spacial score (nSPS) is 19.4. The molecule has 1 aliphatic rings. The minimum absolute atomic E-state index is 0.365. The summed E-state index contributed by atoms with van der Waals surface area (Å²) in [7, 11) is 2.19. The Morgan fingerprint density at radius 3 is 2.42 bits per heavy atom. The van der Waals surface area contributed by atoms with E-state index in [2.05, 4.69) is 29.1 Å². The van der Waals surface area contributed by atoms with E-state index >= 15 is 0 Å².